The molecule has 158 valence electrons. The normalized spacial score (nSPS) is 20.5. The van der Waals surface area contributed by atoms with Crippen LogP contribution in [0.25, 0.3) is 10.9 Å². The van der Waals surface area contributed by atoms with Gasteiger partial charge in [0.25, 0.3) is 0 Å². The van der Waals surface area contributed by atoms with Crippen molar-refractivity contribution in [1.29, 1.82) is 0 Å². The number of pyridine rings is 1. The van der Waals surface area contributed by atoms with Crippen LogP contribution in [0.5, 0.6) is 0 Å². The second-order valence-corrected chi connectivity index (χ2v) is 9.57. The molecule has 2 saturated heterocycles. The average molecular weight is 429 g/mol. The zero-order valence-electron chi connectivity index (χ0n) is 15.7. The average Bonchev–Trinajstić information content (AvgIpc) is 3.21. The predicted octanol–water partition coefficient (Wildman–Crippen LogP) is 2.80. The fourth-order valence-electron chi connectivity index (χ4n) is 4.33. The van der Waals surface area contributed by atoms with Crippen molar-refractivity contribution in [3.05, 3.63) is 40.2 Å². The number of benzene rings is 1. The van der Waals surface area contributed by atoms with Crippen LogP contribution in [-0.2, 0) is 16.2 Å². The molecule has 0 saturated carbocycles. The highest BCUT2D eigenvalue weighted by Gasteiger charge is 2.35. The molecule has 29 heavy (non-hydrogen) atoms. The molecule has 0 aliphatic carbocycles. The van der Waals surface area contributed by atoms with Gasteiger partial charge in [-0.05, 0) is 57.0 Å². The molecule has 0 atom stereocenters. The van der Waals surface area contributed by atoms with E-state index in [-0.39, 0.29) is 15.8 Å². The molecule has 0 amide bonds. The zero-order valence-corrected chi connectivity index (χ0v) is 16.5. The number of hydrogen-bond acceptors (Lipinski definition) is 4. The second kappa shape index (κ2) is 7.41. The van der Waals surface area contributed by atoms with E-state index in [0.717, 1.165) is 19.2 Å². The van der Waals surface area contributed by atoms with Gasteiger partial charge in [-0.1, -0.05) is 0 Å². The van der Waals surface area contributed by atoms with Gasteiger partial charge >= 0.3 is 6.18 Å². The Morgan fingerprint density at radius 3 is 2.28 bits per heavy atom. The minimum absolute atomic E-state index is 0.0449. The van der Waals surface area contributed by atoms with Crippen molar-refractivity contribution < 1.29 is 21.6 Å². The smallest absolute Gasteiger partial charge is 0.322 e. The van der Waals surface area contributed by atoms with Gasteiger partial charge in [0.2, 0.25) is 15.6 Å². The molecule has 0 unspecified atom stereocenters. The van der Waals surface area contributed by atoms with E-state index < -0.39 is 27.3 Å². The van der Waals surface area contributed by atoms with Crippen LogP contribution in [0.2, 0.25) is 0 Å². The lowest BCUT2D eigenvalue weighted by Gasteiger charge is -2.36. The van der Waals surface area contributed by atoms with Crippen LogP contribution in [0.1, 0.15) is 31.2 Å². The molecule has 6 nitrogen and oxygen atoms in total. The lowest BCUT2D eigenvalue weighted by atomic mass is 10.1. The van der Waals surface area contributed by atoms with E-state index in [1.165, 1.54) is 29.3 Å². The van der Waals surface area contributed by atoms with Crippen LogP contribution in [0, 0.1) is 0 Å². The number of rotatable bonds is 3. The first kappa shape index (κ1) is 20.4. The summed E-state index contributed by atoms with van der Waals surface area (Å²) in [5, 5.41) is -0.329. The quantitative estimate of drug-likeness (QED) is 0.815. The lowest BCUT2D eigenvalue weighted by molar-refractivity contribution is -0.136. The van der Waals surface area contributed by atoms with E-state index in [1.54, 1.807) is 0 Å². The van der Waals surface area contributed by atoms with Crippen LogP contribution in [0.4, 0.5) is 13.2 Å². The van der Waals surface area contributed by atoms with Crippen LogP contribution in [0.3, 0.4) is 0 Å². The highest BCUT2D eigenvalue weighted by Crippen LogP contribution is 2.35. The number of fused-ring (bicyclic) bond motifs is 1. The Hall–Kier alpha value is -1.91. The molecule has 0 spiro atoms. The standard InChI is InChI=1S/C19H22F3N3O3S/c20-19(21,22)16-12-18(26)23-17-4-3-14(11-15(16)17)29(27,28)25-9-5-13(6-10-25)24-7-1-2-8-24/h3-4,11-13H,1-2,5-10H2,(H,23,26). The number of piperidine rings is 1. The Morgan fingerprint density at radius 2 is 1.66 bits per heavy atom. The SMILES string of the molecule is O=c1cc(C(F)(F)F)c2cc(S(=O)(=O)N3CCC(N4CCCC4)CC3)ccc2[nH]1. The summed E-state index contributed by atoms with van der Waals surface area (Å²) in [6.45, 7) is 2.78. The lowest BCUT2D eigenvalue weighted by Crippen LogP contribution is -2.45. The molecule has 1 aromatic heterocycles. The monoisotopic (exact) mass is 429 g/mol. The fourth-order valence-corrected chi connectivity index (χ4v) is 5.83. The highest BCUT2D eigenvalue weighted by atomic mass is 32.2. The Bertz CT molecular complexity index is 1070. The van der Waals surface area contributed by atoms with Gasteiger partial charge in [-0.25, -0.2) is 8.42 Å². The molecular weight excluding hydrogens is 407 g/mol. The zero-order chi connectivity index (χ0) is 20.8. The van der Waals surface area contributed by atoms with Crippen molar-refractivity contribution in [3.63, 3.8) is 0 Å². The van der Waals surface area contributed by atoms with Gasteiger partial charge in [0, 0.05) is 36.1 Å². The molecule has 0 bridgehead atoms. The fraction of sp³-hybridized carbons (Fsp3) is 0.526. The van der Waals surface area contributed by atoms with Gasteiger partial charge in [0.05, 0.1) is 10.5 Å². The van der Waals surface area contributed by atoms with Gasteiger partial charge in [0.15, 0.2) is 0 Å². The second-order valence-electron chi connectivity index (χ2n) is 7.63. The summed E-state index contributed by atoms with van der Waals surface area (Å²) in [6.07, 6.45) is -0.997. The van der Waals surface area contributed by atoms with Crippen LogP contribution in [0.15, 0.2) is 34.0 Å². The molecule has 1 aromatic carbocycles. The number of nitrogens with one attached hydrogen (secondary N) is 1. The van der Waals surface area contributed by atoms with Gasteiger partial charge < -0.3 is 9.88 Å². The molecule has 2 aromatic rings. The van der Waals surface area contributed by atoms with Crippen LogP contribution >= 0.6 is 0 Å². The molecule has 10 heteroatoms. The van der Waals surface area contributed by atoms with Crippen molar-refractivity contribution in [2.45, 2.75) is 42.8 Å². The molecule has 2 aliphatic rings. The number of nitrogens with zero attached hydrogens (tertiary/aromatic N) is 2. The van der Waals surface area contributed by atoms with E-state index in [1.807, 2.05) is 0 Å². The van der Waals surface area contributed by atoms with Gasteiger partial charge in [-0.15, -0.1) is 0 Å². The Labute approximate surface area is 166 Å². The molecule has 4 rings (SSSR count). The molecular formula is C19H22F3N3O3S. The van der Waals surface area contributed by atoms with Crippen LogP contribution < -0.4 is 5.56 Å². The Balaban J connectivity index is 1.63. The number of halogens is 3. The van der Waals surface area contributed by atoms with Gasteiger partial charge in [-0.2, -0.15) is 17.5 Å². The topological polar surface area (TPSA) is 73.5 Å². The predicted molar refractivity (Wildman–Crippen MR) is 102 cm³/mol. The highest BCUT2D eigenvalue weighted by molar-refractivity contribution is 7.89. The number of aromatic amines is 1. The molecule has 2 fully saturated rings. The van der Waals surface area contributed by atoms with Gasteiger partial charge in [0.1, 0.15) is 0 Å². The first-order valence-corrected chi connectivity index (χ1v) is 11.1. The summed E-state index contributed by atoms with van der Waals surface area (Å²) >= 11 is 0. The van der Waals surface area contributed by atoms with E-state index in [0.29, 0.717) is 38.0 Å². The molecule has 1 N–H and O–H groups in total. The number of aromatic nitrogens is 1. The maximum absolute atomic E-state index is 13.4. The van der Waals surface area contributed by atoms with Crippen molar-refractivity contribution in [3.8, 4) is 0 Å². The van der Waals surface area contributed by atoms with E-state index in [4.69, 9.17) is 0 Å². The Kier molecular flexibility index (Phi) is 5.20. The number of alkyl halides is 3. The third kappa shape index (κ3) is 3.93. The first-order valence-electron chi connectivity index (χ1n) is 9.65. The van der Waals surface area contributed by atoms with E-state index >= 15 is 0 Å². The number of hydrogen-bond donors (Lipinski definition) is 1. The summed E-state index contributed by atoms with van der Waals surface area (Å²) in [4.78, 5) is 16.1. The minimum Gasteiger partial charge on any atom is -0.322 e. The van der Waals surface area contributed by atoms with E-state index in [2.05, 4.69) is 9.88 Å². The maximum Gasteiger partial charge on any atom is 0.417 e. The Morgan fingerprint density at radius 1 is 1.00 bits per heavy atom. The largest absolute Gasteiger partial charge is 0.417 e. The van der Waals surface area contributed by atoms with E-state index in [9.17, 15) is 26.4 Å². The third-order valence-corrected chi connectivity index (χ3v) is 7.73. The van der Waals surface area contributed by atoms with Crippen molar-refractivity contribution >= 4 is 20.9 Å². The van der Waals surface area contributed by atoms with Gasteiger partial charge in [-0.3, -0.25) is 4.79 Å². The first-order chi connectivity index (χ1) is 13.7. The third-order valence-electron chi connectivity index (χ3n) is 5.84. The minimum atomic E-state index is -4.76. The molecule has 2 aliphatic heterocycles. The summed E-state index contributed by atoms with van der Waals surface area (Å²) in [5.41, 5.74) is -2.07. The van der Waals surface area contributed by atoms with Crippen LogP contribution in [-0.4, -0.2) is 54.8 Å². The molecule has 0 radical (unpaired) electrons. The number of likely N-dealkylation sites (tertiary alicyclic amines) is 1. The molecule has 3 heterocycles. The number of H-pyrrole nitrogens is 1. The summed E-state index contributed by atoms with van der Waals surface area (Å²) in [6, 6.07) is 4.30. The number of sulfonamides is 1. The maximum atomic E-state index is 13.4. The summed E-state index contributed by atoms with van der Waals surface area (Å²) in [5.74, 6) is 0. The van der Waals surface area contributed by atoms with Crippen molar-refractivity contribution in [2.24, 2.45) is 0 Å². The van der Waals surface area contributed by atoms with Crippen molar-refractivity contribution in [2.75, 3.05) is 26.2 Å². The van der Waals surface area contributed by atoms with Crippen molar-refractivity contribution in [1.82, 2.24) is 14.2 Å². The summed E-state index contributed by atoms with van der Waals surface area (Å²) in [7, 11) is -3.92. The summed E-state index contributed by atoms with van der Waals surface area (Å²) < 4.78 is 67.5.